The molecule has 1 unspecified atom stereocenters. The zero-order valence-corrected chi connectivity index (χ0v) is 6.54. The topological polar surface area (TPSA) is 72.9 Å². The maximum Gasteiger partial charge on any atom is 0.417 e. The summed E-state index contributed by atoms with van der Waals surface area (Å²) < 4.78 is 0. The van der Waals surface area contributed by atoms with Gasteiger partial charge in [-0.05, 0) is 12.2 Å². The van der Waals surface area contributed by atoms with E-state index in [1.807, 2.05) is 0 Å². The minimum atomic E-state index is -1.26. The van der Waals surface area contributed by atoms with Crippen LogP contribution in [-0.4, -0.2) is 33.3 Å². The Balaban J connectivity index is 2.30. The molecule has 6 nitrogen and oxygen atoms in total. The molecule has 0 spiro atoms. The number of carbonyl (C=O) groups excluding carboxylic acids is 1. The Morgan fingerprint density at radius 3 is 3.00 bits per heavy atom. The van der Waals surface area contributed by atoms with E-state index in [2.05, 4.69) is 5.43 Å². The van der Waals surface area contributed by atoms with Gasteiger partial charge in [0.15, 0.2) is 6.17 Å². The summed E-state index contributed by atoms with van der Waals surface area (Å²) in [5.74, 6) is 0. The molecule has 0 saturated carbocycles. The number of amides is 3. The highest BCUT2D eigenvalue weighted by Gasteiger charge is 2.39. The molecule has 2 rings (SSSR count). The summed E-state index contributed by atoms with van der Waals surface area (Å²) in [7, 11) is 0. The van der Waals surface area contributed by atoms with Gasteiger partial charge in [0, 0.05) is 6.20 Å². The van der Waals surface area contributed by atoms with Gasteiger partial charge in [-0.25, -0.2) is 19.9 Å². The van der Waals surface area contributed by atoms with E-state index in [4.69, 9.17) is 5.11 Å². The predicted molar refractivity (Wildman–Crippen MR) is 42.3 cm³/mol. The van der Waals surface area contributed by atoms with Crippen molar-refractivity contribution in [3.05, 3.63) is 24.4 Å². The number of carbonyl (C=O) groups is 2. The third-order valence-electron chi connectivity index (χ3n) is 1.84. The summed E-state index contributed by atoms with van der Waals surface area (Å²) >= 11 is 0. The van der Waals surface area contributed by atoms with Crippen LogP contribution in [0.5, 0.6) is 0 Å². The molecule has 1 fully saturated rings. The lowest BCUT2D eigenvalue weighted by molar-refractivity contribution is 0.138. The molecule has 2 aliphatic rings. The highest BCUT2D eigenvalue weighted by molar-refractivity contribution is 5.92. The number of hydrogen-bond donors (Lipinski definition) is 2. The Bertz CT molecular complexity index is 323. The van der Waals surface area contributed by atoms with Crippen molar-refractivity contribution in [3.63, 3.8) is 0 Å². The van der Waals surface area contributed by atoms with Crippen molar-refractivity contribution in [1.82, 2.24) is 15.3 Å². The molecule has 68 valence electrons. The largest absolute Gasteiger partial charge is 0.464 e. The van der Waals surface area contributed by atoms with Crippen molar-refractivity contribution in [2.45, 2.75) is 6.17 Å². The third kappa shape index (κ3) is 1.03. The summed E-state index contributed by atoms with van der Waals surface area (Å²) in [5, 5.41) is 10.1. The van der Waals surface area contributed by atoms with Crippen LogP contribution in [0.25, 0.3) is 0 Å². The number of hydrazine groups is 1. The Morgan fingerprint density at radius 2 is 2.31 bits per heavy atom. The van der Waals surface area contributed by atoms with Crippen LogP contribution < -0.4 is 5.43 Å². The first-order valence-corrected chi connectivity index (χ1v) is 3.66. The van der Waals surface area contributed by atoms with Crippen molar-refractivity contribution in [3.8, 4) is 0 Å². The smallest absolute Gasteiger partial charge is 0.417 e. The average Bonchev–Trinajstić information content (AvgIpc) is 2.39. The number of fused-ring (bicyclic) bond motifs is 1. The minimum absolute atomic E-state index is 0.560. The molecular weight excluding hydrogens is 174 g/mol. The van der Waals surface area contributed by atoms with E-state index in [-0.39, 0.29) is 0 Å². The van der Waals surface area contributed by atoms with E-state index >= 15 is 0 Å². The Kier molecular flexibility index (Phi) is 1.48. The molecule has 2 N–H and O–H groups in total. The molecule has 13 heavy (non-hydrogen) atoms. The molecule has 1 saturated heterocycles. The number of carboxylic acid groups (broad SMARTS) is 1. The van der Waals surface area contributed by atoms with Crippen LogP contribution >= 0.6 is 0 Å². The molecule has 0 aromatic rings. The number of urea groups is 1. The van der Waals surface area contributed by atoms with E-state index in [1.165, 1.54) is 5.01 Å². The van der Waals surface area contributed by atoms with Gasteiger partial charge < -0.3 is 5.11 Å². The first-order chi connectivity index (χ1) is 6.20. The van der Waals surface area contributed by atoms with Gasteiger partial charge in [-0.2, -0.15) is 0 Å². The standard InChI is InChI=1S/C7H7N3O3/c11-6-8-9-4-2-1-3-5(9)10(6)7(12)13/h1-5H,(H,8,11)(H,12,13). The van der Waals surface area contributed by atoms with E-state index < -0.39 is 18.3 Å². The highest BCUT2D eigenvalue weighted by atomic mass is 16.4. The van der Waals surface area contributed by atoms with Gasteiger partial charge >= 0.3 is 12.1 Å². The average molecular weight is 181 g/mol. The summed E-state index contributed by atoms with van der Waals surface area (Å²) in [6.45, 7) is 0. The second kappa shape index (κ2) is 2.51. The lowest BCUT2D eigenvalue weighted by Crippen LogP contribution is -2.40. The lowest BCUT2D eigenvalue weighted by Gasteiger charge is -2.22. The fourth-order valence-electron chi connectivity index (χ4n) is 1.29. The molecule has 0 aromatic heterocycles. The van der Waals surface area contributed by atoms with E-state index in [0.29, 0.717) is 0 Å². The Labute approximate surface area is 73.7 Å². The van der Waals surface area contributed by atoms with Crippen molar-refractivity contribution in [2.24, 2.45) is 0 Å². The normalized spacial score (nSPS) is 24.6. The first kappa shape index (κ1) is 7.66. The van der Waals surface area contributed by atoms with Crippen LogP contribution in [0.3, 0.4) is 0 Å². The summed E-state index contributed by atoms with van der Waals surface area (Å²) in [6.07, 6.45) is 4.80. The zero-order chi connectivity index (χ0) is 9.42. The number of nitrogens with one attached hydrogen (secondary N) is 1. The molecular formula is C7H7N3O3. The van der Waals surface area contributed by atoms with Gasteiger partial charge in [0.05, 0.1) is 0 Å². The van der Waals surface area contributed by atoms with Crippen LogP contribution in [0.4, 0.5) is 9.59 Å². The fraction of sp³-hybridized carbons (Fsp3) is 0.143. The Morgan fingerprint density at radius 1 is 1.54 bits per heavy atom. The van der Waals surface area contributed by atoms with Crippen LogP contribution in [0, 0.1) is 0 Å². The number of rotatable bonds is 0. The minimum Gasteiger partial charge on any atom is -0.464 e. The maximum absolute atomic E-state index is 11.1. The number of nitrogens with zero attached hydrogens (tertiary/aromatic N) is 2. The van der Waals surface area contributed by atoms with Crippen molar-refractivity contribution >= 4 is 12.1 Å². The van der Waals surface area contributed by atoms with E-state index in [0.717, 1.165) is 4.90 Å². The second-order valence-electron chi connectivity index (χ2n) is 2.62. The SMILES string of the molecule is O=C(O)N1C(=O)NN2C=CC=CC21. The van der Waals surface area contributed by atoms with E-state index in [1.54, 1.807) is 24.4 Å². The number of hydrogen-bond acceptors (Lipinski definition) is 3. The Hall–Kier alpha value is -1.98. The van der Waals surface area contributed by atoms with E-state index in [9.17, 15) is 9.59 Å². The summed E-state index contributed by atoms with van der Waals surface area (Å²) in [5.41, 5.74) is 2.39. The monoisotopic (exact) mass is 181 g/mol. The van der Waals surface area contributed by atoms with Gasteiger partial charge in [0.25, 0.3) is 0 Å². The van der Waals surface area contributed by atoms with Crippen LogP contribution in [-0.2, 0) is 0 Å². The van der Waals surface area contributed by atoms with Gasteiger partial charge in [-0.1, -0.05) is 6.08 Å². The van der Waals surface area contributed by atoms with Gasteiger partial charge in [-0.15, -0.1) is 0 Å². The number of allylic oxidation sites excluding steroid dienone is 2. The quantitative estimate of drug-likeness (QED) is 0.564. The lowest BCUT2D eigenvalue weighted by atomic mass is 10.3. The van der Waals surface area contributed by atoms with Crippen LogP contribution in [0.1, 0.15) is 0 Å². The molecule has 0 radical (unpaired) electrons. The number of imide groups is 1. The van der Waals surface area contributed by atoms with Crippen molar-refractivity contribution in [1.29, 1.82) is 0 Å². The van der Waals surface area contributed by atoms with Gasteiger partial charge in [0.2, 0.25) is 0 Å². The fourth-order valence-corrected chi connectivity index (χ4v) is 1.29. The predicted octanol–water partition coefficient (Wildman–Crippen LogP) is 0.316. The van der Waals surface area contributed by atoms with Gasteiger partial charge in [0.1, 0.15) is 0 Å². The molecule has 0 aliphatic carbocycles. The first-order valence-electron chi connectivity index (χ1n) is 3.66. The van der Waals surface area contributed by atoms with Crippen molar-refractivity contribution in [2.75, 3.05) is 0 Å². The zero-order valence-electron chi connectivity index (χ0n) is 6.54. The van der Waals surface area contributed by atoms with Crippen molar-refractivity contribution < 1.29 is 14.7 Å². The summed E-state index contributed by atoms with van der Waals surface area (Å²) in [4.78, 5) is 22.5. The maximum atomic E-state index is 11.1. The molecule has 1 atom stereocenters. The van der Waals surface area contributed by atoms with Crippen LogP contribution in [0.15, 0.2) is 24.4 Å². The highest BCUT2D eigenvalue weighted by Crippen LogP contribution is 2.17. The summed E-state index contributed by atoms with van der Waals surface area (Å²) in [6, 6.07) is -0.631. The molecule has 0 bridgehead atoms. The van der Waals surface area contributed by atoms with Crippen LogP contribution in [0.2, 0.25) is 0 Å². The molecule has 6 heteroatoms. The molecule has 2 heterocycles. The molecule has 3 amide bonds. The third-order valence-corrected chi connectivity index (χ3v) is 1.84. The second-order valence-corrected chi connectivity index (χ2v) is 2.62. The molecule has 2 aliphatic heterocycles. The molecule has 0 aromatic carbocycles. The van der Waals surface area contributed by atoms with Gasteiger partial charge in [-0.3, -0.25) is 5.01 Å².